The number of imidazole rings is 1. The third kappa shape index (κ3) is 3.43. The molecular weight excluding hydrogens is 543 g/mol. The van der Waals surface area contributed by atoms with Crippen LogP contribution in [0.15, 0.2) is 152 Å². The Morgan fingerprint density at radius 3 is 1.72 bits per heavy atom. The third-order valence-electron chi connectivity index (χ3n) is 8.82. The van der Waals surface area contributed by atoms with Gasteiger partial charge in [-0.05, 0) is 51.2 Å². The molecule has 0 aliphatic heterocycles. The van der Waals surface area contributed by atoms with E-state index in [4.69, 9.17) is 4.98 Å². The first kappa shape index (κ1) is 24.4. The van der Waals surface area contributed by atoms with Gasteiger partial charge in [-0.1, -0.05) is 127 Å². The predicted octanol–water partition coefficient (Wildman–Crippen LogP) is 8.74. The molecule has 4 heteroatoms. The Hall–Kier alpha value is -5.24. The molecule has 0 aliphatic carbocycles. The predicted molar refractivity (Wildman–Crippen MR) is 182 cm³/mol. The van der Waals surface area contributed by atoms with Crippen molar-refractivity contribution in [3.05, 3.63) is 152 Å². The molecule has 2 aromatic heterocycles. The standard InChI is InChI=1S/C39H25N2OP/c42-43(37-21-9-13-26-11-1-3-15-29(26)37,38-22-10-14-27-12-2-4-16-30(27)38)28-23-24-31-32-17-5-7-19-35(32)41-36-20-8-6-18-34(36)40-39(41)33(31)25-28/h1-25H. The van der Waals surface area contributed by atoms with Gasteiger partial charge in [-0.15, -0.1) is 0 Å². The maximum absolute atomic E-state index is 16.2. The van der Waals surface area contributed by atoms with Gasteiger partial charge in [0.05, 0.1) is 16.6 Å². The monoisotopic (exact) mass is 568 g/mol. The quantitative estimate of drug-likeness (QED) is 0.158. The molecule has 0 spiro atoms. The molecule has 2 heterocycles. The van der Waals surface area contributed by atoms with Crippen molar-refractivity contribution in [1.29, 1.82) is 0 Å². The Morgan fingerprint density at radius 1 is 0.465 bits per heavy atom. The fourth-order valence-corrected chi connectivity index (χ4v) is 9.96. The van der Waals surface area contributed by atoms with E-state index in [9.17, 15) is 0 Å². The van der Waals surface area contributed by atoms with Crippen LogP contribution in [-0.2, 0) is 4.57 Å². The number of aromatic nitrogens is 2. The van der Waals surface area contributed by atoms with E-state index in [1.807, 2.05) is 42.5 Å². The fraction of sp³-hybridized carbons (Fsp3) is 0. The molecule has 0 saturated carbocycles. The summed E-state index contributed by atoms with van der Waals surface area (Å²) in [5, 5.41) is 9.93. The summed E-state index contributed by atoms with van der Waals surface area (Å²) in [6.07, 6.45) is 0. The maximum atomic E-state index is 16.2. The molecule has 0 unspecified atom stereocenters. The minimum atomic E-state index is -3.38. The van der Waals surface area contributed by atoms with Gasteiger partial charge in [0.1, 0.15) is 5.65 Å². The van der Waals surface area contributed by atoms with Gasteiger partial charge in [-0.25, -0.2) is 4.98 Å². The zero-order chi connectivity index (χ0) is 28.5. The summed E-state index contributed by atoms with van der Waals surface area (Å²) in [5.41, 5.74) is 3.99. The maximum Gasteiger partial charge on any atom is 0.172 e. The Kier molecular flexibility index (Phi) is 5.17. The lowest BCUT2D eigenvalue weighted by atomic mass is 10.1. The number of para-hydroxylation sites is 3. The van der Waals surface area contributed by atoms with Crippen LogP contribution < -0.4 is 15.9 Å². The van der Waals surface area contributed by atoms with Crippen molar-refractivity contribution in [2.75, 3.05) is 0 Å². The topological polar surface area (TPSA) is 34.4 Å². The molecule has 3 nitrogen and oxygen atoms in total. The third-order valence-corrected chi connectivity index (χ3v) is 12.0. The first-order valence-corrected chi connectivity index (χ1v) is 16.2. The average molecular weight is 569 g/mol. The lowest BCUT2D eigenvalue weighted by molar-refractivity contribution is 0.593. The van der Waals surface area contributed by atoms with Crippen molar-refractivity contribution >= 4 is 83.0 Å². The zero-order valence-electron chi connectivity index (χ0n) is 23.2. The second-order valence-electron chi connectivity index (χ2n) is 11.1. The van der Waals surface area contributed by atoms with Crippen LogP contribution in [0.2, 0.25) is 0 Å². The molecule has 0 N–H and O–H groups in total. The first-order chi connectivity index (χ1) is 21.2. The van der Waals surface area contributed by atoms with E-state index in [2.05, 4.69) is 114 Å². The van der Waals surface area contributed by atoms with Crippen LogP contribution in [0.3, 0.4) is 0 Å². The minimum absolute atomic E-state index is 0.803. The molecule has 0 fully saturated rings. The average Bonchev–Trinajstić information content (AvgIpc) is 3.47. The van der Waals surface area contributed by atoms with Gasteiger partial charge < -0.3 is 4.57 Å². The SMILES string of the molecule is O=P(c1ccc2c3ccccc3n3c4ccccc4nc3c2c1)(c1cccc2ccccc12)c1cccc2ccccc12. The molecule has 9 rings (SSSR count). The number of hydrogen-bond donors (Lipinski definition) is 0. The molecule has 0 radical (unpaired) electrons. The zero-order valence-corrected chi connectivity index (χ0v) is 24.1. The van der Waals surface area contributed by atoms with Gasteiger partial charge in [-0.3, -0.25) is 4.40 Å². The van der Waals surface area contributed by atoms with Crippen LogP contribution in [0.1, 0.15) is 0 Å². The number of rotatable bonds is 3. The van der Waals surface area contributed by atoms with Crippen LogP contribution >= 0.6 is 7.14 Å². The summed E-state index contributed by atoms with van der Waals surface area (Å²) in [5.74, 6) is 0. The van der Waals surface area contributed by atoms with Crippen molar-refractivity contribution in [3.8, 4) is 0 Å². The highest BCUT2D eigenvalue weighted by Gasteiger charge is 2.33. The summed E-state index contributed by atoms with van der Waals surface area (Å²) in [4.78, 5) is 5.14. The molecule has 9 aromatic rings. The van der Waals surface area contributed by atoms with Gasteiger partial charge in [-0.2, -0.15) is 0 Å². The molecule has 0 aliphatic rings. The van der Waals surface area contributed by atoms with E-state index >= 15 is 4.57 Å². The van der Waals surface area contributed by atoms with Crippen LogP contribution in [0, 0.1) is 0 Å². The van der Waals surface area contributed by atoms with Gasteiger partial charge in [0.2, 0.25) is 0 Å². The van der Waals surface area contributed by atoms with Gasteiger partial charge in [0, 0.05) is 26.7 Å². The first-order valence-electron chi connectivity index (χ1n) is 14.5. The highest BCUT2D eigenvalue weighted by Crippen LogP contribution is 2.47. The lowest BCUT2D eigenvalue weighted by Crippen LogP contribution is -2.26. The molecule has 0 atom stereocenters. The van der Waals surface area contributed by atoms with Crippen molar-refractivity contribution in [3.63, 3.8) is 0 Å². The number of fused-ring (bicyclic) bond motifs is 10. The van der Waals surface area contributed by atoms with Gasteiger partial charge in [0.15, 0.2) is 7.14 Å². The number of hydrogen-bond acceptors (Lipinski definition) is 2. The summed E-state index contributed by atoms with van der Waals surface area (Å²) < 4.78 is 18.5. The van der Waals surface area contributed by atoms with Crippen LogP contribution in [0.4, 0.5) is 0 Å². The van der Waals surface area contributed by atoms with Gasteiger partial charge in [0.25, 0.3) is 0 Å². The van der Waals surface area contributed by atoms with E-state index in [0.717, 1.165) is 75.8 Å². The Labute approximate surface area is 248 Å². The summed E-state index contributed by atoms with van der Waals surface area (Å²) >= 11 is 0. The Bertz CT molecular complexity index is 2520. The second-order valence-corrected chi connectivity index (χ2v) is 13.8. The van der Waals surface area contributed by atoms with E-state index < -0.39 is 7.14 Å². The van der Waals surface area contributed by atoms with E-state index in [0.29, 0.717) is 0 Å². The molecule has 0 amide bonds. The van der Waals surface area contributed by atoms with E-state index in [1.165, 1.54) is 0 Å². The molecule has 7 aromatic carbocycles. The highest BCUT2D eigenvalue weighted by atomic mass is 31.2. The van der Waals surface area contributed by atoms with Crippen molar-refractivity contribution < 1.29 is 4.57 Å². The summed E-state index contributed by atoms with van der Waals surface area (Å²) in [7, 11) is -3.38. The summed E-state index contributed by atoms with van der Waals surface area (Å²) in [6, 6.07) is 52.0. The Balaban J connectivity index is 1.46. The number of nitrogens with zero attached hydrogens (tertiary/aromatic N) is 2. The van der Waals surface area contributed by atoms with Gasteiger partial charge >= 0.3 is 0 Å². The van der Waals surface area contributed by atoms with Crippen LogP contribution in [0.25, 0.3) is 59.9 Å². The van der Waals surface area contributed by atoms with Crippen molar-refractivity contribution in [1.82, 2.24) is 9.38 Å². The molecule has 43 heavy (non-hydrogen) atoms. The molecule has 202 valence electrons. The highest BCUT2D eigenvalue weighted by molar-refractivity contribution is 7.86. The lowest BCUT2D eigenvalue weighted by Gasteiger charge is -2.24. The van der Waals surface area contributed by atoms with E-state index in [1.54, 1.807) is 0 Å². The fourth-order valence-electron chi connectivity index (χ4n) is 6.87. The number of pyridine rings is 1. The number of benzene rings is 7. The largest absolute Gasteiger partial charge is 0.309 e. The molecule has 0 saturated heterocycles. The molecule has 0 bridgehead atoms. The second kappa shape index (κ2) is 9.13. The van der Waals surface area contributed by atoms with E-state index in [-0.39, 0.29) is 0 Å². The molecular formula is C39H25N2OP. The smallest absolute Gasteiger partial charge is 0.172 e. The van der Waals surface area contributed by atoms with Crippen molar-refractivity contribution in [2.24, 2.45) is 0 Å². The van der Waals surface area contributed by atoms with Crippen LogP contribution in [-0.4, -0.2) is 9.38 Å². The Morgan fingerprint density at radius 2 is 1.02 bits per heavy atom. The van der Waals surface area contributed by atoms with Crippen LogP contribution in [0.5, 0.6) is 0 Å². The summed E-state index contributed by atoms with van der Waals surface area (Å²) in [6.45, 7) is 0. The normalized spacial score (nSPS) is 12.3. The van der Waals surface area contributed by atoms with Crippen molar-refractivity contribution in [2.45, 2.75) is 0 Å². The minimum Gasteiger partial charge on any atom is -0.309 e.